The van der Waals surface area contributed by atoms with Crippen molar-refractivity contribution >= 4 is 50.8 Å². The SMILES string of the molecule is CN(Cc1cc2nc(-c3cccc4c3CC(=O)N4)nc(N3CCOCC3)c2s1)c1ncc(C(N)=O)cn1. The number of nitrogens with zero attached hydrogens (tertiary/aromatic N) is 6. The summed E-state index contributed by atoms with van der Waals surface area (Å²) in [4.78, 5) is 47.1. The normalized spacial score (nSPS) is 15.1. The first-order valence-electron chi connectivity index (χ1n) is 11.8. The van der Waals surface area contributed by atoms with Gasteiger partial charge in [-0.1, -0.05) is 12.1 Å². The maximum Gasteiger partial charge on any atom is 0.251 e. The fourth-order valence-corrected chi connectivity index (χ4v) is 5.73. The van der Waals surface area contributed by atoms with Gasteiger partial charge in [0.25, 0.3) is 5.91 Å². The number of anilines is 3. The van der Waals surface area contributed by atoms with Crippen LogP contribution in [0.4, 0.5) is 17.5 Å². The lowest BCUT2D eigenvalue weighted by Gasteiger charge is -2.28. The van der Waals surface area contributed by atoms with Crippen molar-refractivity contribution in [1.82, 2.24) is 19.9 Å². The molecule has 0 aliphatic carbocycles. The number of nitrogens with two attached hydrogens (primary N) is 1. The molecule has 2 aliphatic rings. The molecule has 1 fully saturated rings. The molecule has 0 spiro atoms. The topological polar surface area (TPSA) is 139 Å². The Labute approximate surface area is 216 Å². The number of amides is 2. The van der Waals surface area contributed by atoms with E-state index in [9.17, 15) is 9.59 Å². The Balaban J connectivity index is 1.39. The minimum absolute atomic E-state index is 0.0242. The quantitative estimate of drug-likeness (QED) is 0.395. The summed E-state index contributed by atoms with van der Waals surface area (Å²) in [5.41, 5.74) is 9.01. The van der Waals surface area contributed by atoms with Gasteiger partial charge in [0.05, 0.1) is 42.0 Å². The third-order valence-electron chi connectivity index (χ3n) is 6.40. The van der Waals surface area contributed by atoms with Crippen molar-refractivity contribution in [2.24, 2.45) is 5.73 Å². The van der Waals surface area contributed by atoms with Crippen LogP contribution in [0.15, 0.2) is 36.7 Å². The Bertz CT molecular complexity index is 1510. The molecule has 188 valence electrons. The van der Waals surface area contributed by atoms with Gasteiger partial charge in [0.1, 0.15) is 0 Å². The summed E-state index contributed by atoms with van der Waals surface area (Å²) < 4.78 is 6.57. The predicted molar refractivity (Wildman–Crippen MR) is 141 cm³/mol. The highest BCUT2D eigenvalue weighted by atomic mass is 32.1. The van der Waals surface area contributed by atoms with Crippen LogP contribution in [0.1, 0.15) is 20.8 Å². The maximum absolute atomic E-state index is 12.1. The molecule has 37 heavy (non-hydrogen) atoms. The molecule has 0 saturated carbocycles. The van der Waals surface area contributed by atoms with Crippen LogP contribution in [-0.4, -0.2) is 65.1 Å². The molecule has 3 N–H and O–H groups in total. The van der Waals surface area contributed by atoms with E-state index in [4.69, 9.17) is 20.4 Å². The van der Waals surface area contributed by atoms with E-state index < -0.39 is 5.91 Å². The third-order valence-corrected chi connectivity index (χ3v) is 7.51. The van der Waals surface area contributed by atoms with Gasteiger partial charge in [0, 0.05) is 48.7 Å². The number of fused-ring (bicyclic) bond motifs is 2. The first-order valence-corrected chi connectivity index (χ1v) is 12.7. The van der Waals surface area contributed by atoms with E-state index in [-0.39, 0.29) is 11.5 Å². The number of carbonyl (C=O) groups is 2. The fraction of sp³-hybridized carbons (Fsp3) is 0.280. The molecule has 12 heteroatoms. The van der Waals surface area contributed by atoms with Gasteiger partial charge < -0.3 is 25.6 Å². The number of hydrogen-bond acceptors (Lipinski definition) is 10. The molecule has 5 heterocycles. The number of primary amides is 1. The molecule has 11 nitrogen and oxygen atoms in total. The van der Waals surface area contributed by atoms with Crippen molar-refractivity contribution in [2.75, 3.05) is 48.5 Å². The van der Waals surface area contributed by atoms with Crippen LogP contribution in [0.25, 0.3) is 21.6 Å². The molecule has 2 amide bonds. The van der Waals surface area contributed by atoms with Crippen LogP contribution in [0.3, 0.4) is 0 Å². The van der Waals surface area contributed by atoms with Gasteiger partial charge in [-0.3, -0.25) is 9.59 Å². The molecule has 2 aliphatic heterocycles. The van der Waals surface area contributed by atoms with Gasteiger partial charge in [0.15, 0.2) is 11.6 Å². The van der Waals surface area contributed by atoms with E-state index in [2.05, 4.69) is 26.3 Å². The molecule has 0 bridgehead atoms. The second kappa shape index (κ2) is 9.37. The van der Waals surface area contributed by atoms with Gasteiger partial charge in [-0.05, 0) is 17.7 Å². The summed E-state index contributed by atoms with van der Waals surface area (Å²) in [5.74, 6) is 1.38. The second-order valence-electron chi connectivity index (χ2n) is 8.95. The van der Waals surface area contributed by atoms with Crippen molar-refractivity contribution in [3.8, 4) is 11.4 Å². The Hall–Kier alpha value is -4.16. The maximum atomic E-state index is 12.1. The lowest BCUT2D eigenvalue weighted by Crippen LogP contribution is -2.36. The molecule has 4 aromatic rings. The van der Waals surface area contributed by atoms with Crippen molar-refractivity contribution in [2.45, 2.75) is 13.0 Å². The number of carbonyl (C=O) groups excluding carboxylic acids is 2. The summed E-state index contributed by atoms with van der Waals surface area (Å²) >= 11 is 1.63. The molecule has 1 saturated heterocycles. The Morgan fingerprint density at radius 2 is 2.00 bits per heavy atom. The van der Waals surface area contributed by atoms with Crippen molar-refractivity contribution in [1.29, 1.82) is 0 Å². The summed E-state index contributed by atoms with van der Waals surface area (Å²) in [6, 6.07) is 7.86. The van der Waals surface area contributed by atoms with E-state index in [0.717, 1.165) is 50.8 Å². The number of thiophene rings is 1. The highest BCUT2D eigenvalue weighted by Crippen LogP contribution is 2.37. The van der Waals surface area contributed by atoms with Crippen LogP contribution in [0.5, 0.6) is 0 Å². The van der Waals surface area contributed by atoms with Gasteiger partial charge in [-0.2, -0.15) is 0 Å². The summed E-state index contributed by atoms with van der Waals surface area (Å²) in [6.07, 6.45) is 3.17. The van der Waals surface area contributed by atoms with Gasteiger partial charge >= 0.3 is 0 Å². The molecule has 0 radical (unpaired) electrons. The standard InChI is InChI=1S/C25H24N8O3S/c1-32(25-27-11-14(12-28-25)22(26)35)13-15-9-19-21(37-15)24(33-5-7-36-8-6-33)31-23(30-19)16-3-2-4-18-17(16)10-20(34)29-18/h2-4,9,11-12H,5-8,10,13H2,1H3,(H2,26,35)(H,29,34). The van der Waals surface area contributed by atoms with Crippen molar-refractivity contribution < 1.29 is 14.3 Å². The lowest BCUT2D eigenvalue weighted by atomic mass is 10.0. The molecular weight excluding hydrogens is 492 g/mol. The molecule has 3 aromatic heterocycles. The van der Waals surface area contributed by atoms with Crippen LogP contribution in [0.2, 0.25) is 0 Å². The predicted octanol–water partition coefficient (Wildman–Crippen LogP) is 2.21. The van der Waals surface area contributed by atoms with Crippen molar-refractivity contribution in [3.05, 3.63) is 52.7 Å². The van der Waals surface area contributed by atoms with Crippen molar-refractivity contribution in [3.63, 3.8) is 0 Å². The smallest absolute Gasteiger partial charge is 0.251 e. The largest absolute Gasteiger partial charge is 0.378 e. The summed E-state index contributed by atoms with van der Waals surface area (Å²) in [5, 5.41) is 2.91. The Kier molecular flexibility index (Phi) is 5.89. The first-order chi connectivity index (χ1) is 18.0. The summed E-state index contributed by atoms with van der Waals surface area (Å²) in [6.45, 7) is 3.31. The highest BCUT2D eigenvalue weighted by molar-refractivity contribution is 7.19. The zero-order chi connectivity index (χ0) is 25.5. The van der Waals surface area contributed by atoms with Crippen LogP contribution < -0.4 is 20.9 Å². The average Bonchev–Trinajstić information content (AvgIpc) is 3.50. The monoisotopic (exact) mass is 516 g/mol. The van der Waals surface area contributed by atoms with Crippen LogP contribution >= 0.6 is 11.3 Å². The average molecular weight is 517 g/mol. The number of nitrogens with one attached hydrogen (secondary N) is 1. The molecular formula is C25H24N8O3S. The number of aromatic nitrogens is 4. The minimum atomic E-state index is -0.562. The Morgan fingerprint density at radius 1 is 1.22 bits per heavy atom. The molecule has 0 unspecified atom stereocenters. The minimum Gasteiger partial charge on any atom is -0.378 e. The summed E-state index contributed by atoms with van der Waals surface area (Å²) in [7, 11) is 1.89. The van der Waals surface area contributed by atoms with Crippen LogP contribution in [0, 0.1) is 0 Å². The molecule has 6 rings (SSSR count). The van der Waals surface area contributed by atoms with E-state index in [1.807, 2.05) is 30.1 Å². The fourth-order valence-electron chi connectivity index (χ4n) is 4.56. The number of ether oxygens (including phenoxy) is 1. The number of rotatable bonds is 6. The van der Waals surface area contributed by atoms with E-state index in [1.54, 1.807) is 11.3 Å². The lowest BCUT2D eigenvalue weighted by molar-refractivity contribution is -0.115. The van der Waals surface area contributed by atoms with E-state index >= 15 is 0 Å². The third kappa shape index (κ3) is 4.45. The van der Waals surface area contributed by atoms with Gasteiger partial charge in [0.2, 0.25) is 11.9 Å². The number of hydrogen-bond donors (Lipinski definition) is 2. The zero-order valence-corrected chi connectivity index (χ0v) is 20.9. The van der Waals surface area contributed by atoms with E-state index in [0.29, 0.717) is 38.0 Å². The second-order valence-corrected chi connectivity index (χ2v) is 10.1. The van der Waals surface area contributed by atoms with Crippen LogP contribution in [-0.2, 0) is 22.5 Å². The Morgan fingerprint density at radius 3 is 2.76 bits per heavy atom. The zero-order valence-electron chi connectivity index (χ0n) is 20.1. The highest BCUT2D eigenvalue weighted by Gasteiger charge is 2.25. The molecule has 0 atom stereocenters. The van der Waals surface area contributed by atoms with Gasteiger partial charge in [-0.25, -0.2) is 19.9 Å². The first kappa shape index (κ1) is 23.3. The number of morpholine rings is 1. The van der Waals surface area contributed by atoms with E-state index in [1.165, 1.54) is 12.4 Å². The van der Waals surface area contributed by atoms with Gasteiger partial charge in [-0.15, -0.1) is 11.3 Å². The molecule has 1 aromatic carbocycles. The number of benzene rings is 1.